The van der Waals surface area contributed by atoms with E-state index in [0.29, 0.717) is 0 Å². The van der Waals surface area contributed by atoms with Gasteiger partial charge in [-0.1, -0.05) is 6.42 Å². The Labute approximate surface area is 124 Å². The van der Waals surface area contributed by atoms with E-state index in [-0.39, 0.29) is 0 Å². The fourth-order valence-corrected chi connectivity index (χ4v) is 5.58. The van der Waals surface area contributed by atoms with Crippen LogP contribution in [0.3, 0.4) is 0 Å². The number of hydrogen-bond donors (Lipinski definition) is 0. The monoisotopic (exact) mass is 277 g/mol. The maximum Gasteiger partial charge on any atom is 0.0224 e. The van der Waals surface area contributed by atoms with Crippen LogP contribution >= 0.6 is 0 Å². The summed E-state index contributed by atoms with van der Waals surface area (Å²) in [7, 11) is 2.38. The van der Waals surface area contributed by atoms with E-state index >= 15 is 0 Å². The molecule has 2 bridgehead atoms. The van der Waals surface area contributed by atoms with Crippen LogP contribution in [0.15, 0.2) is 0 Å². The lowest BCUT2D eigenvalue weighted by molar-refractivity contribution is -0.0353. The minimum Gasteiger partial charge on any atom is -0.300 e. The van der Waals surface area contributed by atoms with Gasteiger partial charge in [0.1, 0.15) is 0 Å². The van der Waals surface area contributed by atoms with Crippen LogP contribution in [-0.2, 0) is 0 Å². The van der Waals surface area contributed by atoms with Crippen molar-refractivity contribution >= 4 is 0 Å². The van der Waals surface area contributed by atoms with Crippen LogP contribution in [0.25, 0.3) is 0 Å². The second-order valence-corrected chi connectivity index (χ2v) is 7.87. The Morgan fingerprint density at radius 3 is 2.25 bits per heavy atom. The summed E-state index contributed by atoms with van der Waals surface area (Å²) in [6.07, 6.45) is 10.1. The zero-order chi connectivity index (χ0) is 13.7. The van der Waals surface area contributed by atoms with E-state index in [1.165, 1.54) is 64.6 Å². The summed E-state index contributed by atoms with van der Waals surface area (Å²) in [6.45, 7) is 6.52. The van der Waals surface area contributed by atoms with Gasteiger partial charge in [0.25, 0.3) is 0 Å². The van der Waals surface area contributed by atoms with Crippen molar-refractivity contribution in [2.75, 3.05) is 26.7 Å². The maximum absolute atomic E-state index is 2.91. The van der Waals surface area contributed by atoms with Gasteiger partial charge in [-0.05, 0) is 59.0 Å². The van der Waals surface area contributed by atoms with Gasteiger partial charge in [-0.2, -0.15) is 0 Å². The van der Waals surface area contributed by atoms with Gasteiger partial charge in [-0.25, -0.2) is 0 Å². The Hall–Kier alpha value is -0.120. The number of rotatable bonds is 1. The van der Waals surface area contributed by atoms with Crippen molar-refractivity contribution in [1.82, 2.24) is 14.7 Å². The van der Waals surface area contributed by atoms with Crippen LogP contribution in [0.4, 0.5) is 0 Å². The summed E-state index contributed by atoms with van der Waals surface area (Å²) in [6, 6.07) is 4.28. The van der Waals surface area contributed by atoms with Gasteiger partial charge in [0.15, 0.2) is 0 Å². The number of piperazine rings is 1. The van der Waals surface area contributed by atoms with Crippen LogP contribution in [0.5, 0.6) is 0 Å². The van der Waals surface area contributed by atoms with E-state index in [4.69, 9.17) is 0 Å². The lowest BCUT2D eigenvalue weighted by Gasteiger charge is -2.53. The molecule has 4 aliphatic rings. The molecule has 0 aromatic carbocycles. The summed E-state index contributed by atoms with van der Waals surface area (Å²) < 4.78 is 0. The lowest BCUT2D eigenvalue weighted by Crippen LogP contribution is -2.62. The molecule has 4 fully saturated rings. The second-order valence-electron chi connectivity index (χ2n) is 7.87. The summed E-state index contributed by atoms with van der Waals surface area (Å²) >= 11 is 0. The molecular weight excluding hydrogens is 246 g/mol. The Balaban J connectivity index is 1.47. The van der Waals surface area contributed by atoms with Crippen molar-refractivity contribution in [3.63, 3.8) is 0 Å². The summed E-state index contributed by atoms with van der Waals surface area (Å²) in [4.78, 5) is 8.37. The summed E-state index contributed by atoms with van der Waals surface area (Å²) in [5.41, 5.74) is 0. The van der Waals surface area contributed by atoms with Gasteiger partial charge < -0.3 is 4.90 Å². The molecule has 4 aliphatic heterocycles. The molecule has 114 valence electrons. The van der Waals surface area contributed by atoms with Crippen molar-refractivity contribution in [2.24, 2.45) is 0 Å². The Morgan fingerprint density at radius 1 is 0.800 bits per heavy atom. The molecule has 0 aromatic rings. The first-order valence-corrected chi connectivity index (χ1v) is 8.94. The molecule has 4 atom stereocenters. The average Bonchev–Trinajstić information content (AvgIpc) is 2.84. The van der Waals surface area contributed by atoms with E-state index in [1.54, 1.807) is 0 Å². The van der Waals surface area contributed by atoms with Gasteiger partial charge in [0, 0.05) is 43.3 Å². The molecule has 0 aliphatic carbocycles. The number of piperidine rings is 2. The standard InChI is InChI=1S/C17H31N3/c1-13-11-19-8-4-7-16(19)12-20(13)17-9-14-5-3-6-15(10-17)18(14)2/h13-17H,3-12H2,1-2H3. The Bertz CT molecular complexity index is 344. The topological polar surface area (TPSA) is 9.72 Å². The van der Waals surface area contributed by atoms with Gasteiger partial charge in [0.2, 0.25) is 0 Å². The highest BCUT2D eigenvalue weighted by Crippen LogP contribution is 2.37. The van der Waals surface area contributed by atoms with Crippen molar-refractivity contribution in [1.29, 1.82) is 0 Å². The molecule has 4 unspecified atom stereocenters. The maximum atomic E-state index is 2.91. The molecule has 4 heterocycles. The summed E-state index contributed by atoms with van der Waals surface area (Å²) in [5, 5.41) is 0. The van der Waals surface area contributed by atoms with Gasteiger partial charge in [0.05, 0.1) is 0 Å². The van der Waals surface area contributed by atoms with Crippen LogP contribution in [-0.4, -0.2) is 71.6 Å². The molecule has 0 radical (unpaired) electrons. The Kier molecular flexibility index (Phi) is 3.56. The van der Waals surface area contributed by atoms with E-state index < -0.39 is 0 Å². The second kappa shape index (κ2) is 5.26. The minimum atomic E-state index is 0.776. The molecule has 20 heavy (non-hydrogen) atoms. The first-order valence-electron chi connectivity index (χ1n) is 8.94. The van der Waals surface area contributed by atoms with Crippen LogP contribution in [0.2, 0.25) is 0 Å². The minimum absolute atomic E-state index is 0.776. The predicted molar refractivity (Wildman–Crippen MR) is 83.0 cm³/mol. The largest absolute Gasteiger partial charge is 0.300 e. The van der Waals surface area contributed by atoms with Crippen molar-refractivity contribution in [3.8, 4) is 0 Å². The van der Waals surface area contributed by atoms with E-state index in [9.17, 15) is 0 Å². The highest BCUT2D eigenvalue weighted by atomic mass is 15.3. The number of fused-ring (bicyclic) bond motifs is 3. The zero-order valence-electron chi connectivity index (χ0n) is 13.3. The molecule has 0 N–H and O–H groups in total. The lowest BCUT2D eigenvalue weighted by atomic mass is 9.81. The summed E-state index contributed by atoms with van der Waals surface area (Å²) in [5.74, 6) is 0. The third kappa shape index (κ3) is 2.22. The van der Waals surface area contributed by atoms with Gasteiger partial charge in [-0.15, -0.1) is 0 Å². The molecule has 4 rings (SSSR count). The average molecular weight is 277 g/mol. The highest BCUT2D eigenvalue weighted by molar-refractivity contribution is 4.99. The third-order valence-corrected chi connectivity index (χ3v) is 6.77. The highest BCUT2D eigenvalue weighted by Gasteiger charge is 2.42. The molecule has 4 saturated heterocycles. The van der Waals surface area contributed by atoms with Gasteiger partial charge in [-0.3, -0.25) is 9.80 Å². The molecule has 0 aromatic heterocycles. The van der Waals surface area contributed by atoms with E-state index in [0.717, 1.165) is 30.2 Å². The van der Waals surface area contributed by atoms with Crippen molar-refractivity contribution in [3.05, 3.63) is 0 Å². The predicted octanol–water partition coefficient (Wildman–Crippen LogP) is 2.17. The molecule has 0 saturated carbocycles. The Morgan fingerprint density at radius 2 is 1.50 bits per heavy atom. The molecule has 0 spiro atoms. The normalized spacial score (nSPS) is 47.4. The van der Waals surface area contributed by atoms with Crippen LogP contribution < -0.4 is 0 Å². The first-order chi connectivity index (χ1) is 9.72. The quantitative estimate of drug-likeness (QED) is 0.727. The smallest absolute Gasteiger partial charge is 0.0224 e. The molecular formula is C17H31N3. The third-order valence-electron chi connectivity index (χ3n) is 6.77. The molecule has 3 heteroatoms. The SMILES string of the molecule is CC1CN2CCCC2CN1C1CC2CCCC(C1)N2C. The molecule has 0 amide bonds. The van der Waals surface area contributed by atoms with Crippen LogP contribution in [0, 0.1) is 0 Å². The fourth-order valence-electron chi connectivity index (χ4n) is 5.58. The van der Waals surface area contributed by atoms with Crippen molar-refractivity contribution in [2.45, 2.75) is 82.1 Å². The van der Waals surface area contributed by atoms with Gasteiger partial charge >= 0.3 is 0 Å². The van der Waals surface area contributed by atoms with E-state index in [1.807, 2.05) is 0 Å². The van der Waals surface area contributed by atoms with Crippen LogP contribution in [0.1, 0.15) is 51.9 Å². The number of nitrogens with zero attached hydrogens (tertiary/aromatic N) is 3. The zero-order valence-corrected chi connectivity index (χ0v) is 13.3. The van der Waals surface area contributed by atoms with E-state index in [2.05, 4.69) is 28.7 Å². The first kappa shape index (κ1) is 13.5. The fraction of sp³-hybridized carbons (Fsp3) is 1.00. The molecule has 3 nitrogen and oxygen atoms in total. The number of hydrogen-bond acceptors (Lipinski definition) is 3. The van der Waals surface area contributed by atoms with Crippen molar-refractivity contribution < 1.29 is 0 Å².